The van der Waals surface area contributed by atoms with Crippen LogP contribution in [-0.4, -0.2) is 40.2 Å². The first kappa shape index (κ1) is 22.7. The number of amides is 1. The van der Waals surface area contributed by atoms with Crippen LogP contribution in [0.2, 0.25) is 0 Å². The fourth-order valence-corrected chi connectivity index (χ4v) is 4.06. The number of nitrogens with one attached hydrogen (secondary N) is 1. The third-order valence-electron chi connectivity index (χ3n) is 5.68. The van der Waals surface area contributed by atoms with E-state index in [4.69, 9.17) is 4.74 Å². The molecule has 10 heteroatoms. The van der Waals surface area contributed by atoms with Gasteiger partial charge >= 0.3 is 0 Å². The van der Waals surface area contributed by atoms with Crippen LogP contribution in [0.15, 0.2) is 72.8 Å². The normalized spacial score (nSPS) is 17.2. The zero-order valence-corrected chi connectivity index (χ0v) is 18.3. The Morgan fingerprint density at radius 1 is 1.21 bits per heavy atom. The molecule has 1 aromatic heterocycles. The number of nitro benzene ring substituents is 1. The number of aryl methyl sites for hydroxylation is 1. The third kappa shape index (κ3) is 4.38. The summed E-state index contributed by atoms with van der Waals surface area (Å²) in [6, 6.07) is 10.9. The summed E-state index contributed by atoms with van der Waals surface area (Å²) in [6.07, 6.45) is 5.86. The molecule has 4 rings (SSSR count). The van der Waals surface area contributed by atoms with Gasteiger partial charge in [-0.1, -0.05) is 30.0 Å². The number of imidazole rings is 1. The average molecular weight is 462 g/mol. The number of ether oxygens (including phenoxy) is 1. The standard InChI is InChI=1S/C24H22N4O6/c1-34-19-8-3-6-17(14-19)22(29)20-21(16-5-2-7-18(13-16)28(32)33)27(24(31)23(20)30)11-4-10-26-12-9-25-15-26/h2-3,5-9,12-15,21H,4,10-11H2,1H3,(H,29,30). The number of likely N-dealkylation sites (tertiary alicyclic amines) is 1. The minimum atomic E-state index is -1.03. The predicted molar refractivity (Wildman–Crippen MR) is 118 cm³/mol. The van der Waals surface area contributed by atoms with Gasteiger partial charge in [-0.3, -0.25) is 24.7 Å². The van der Waals surface area contributed by atoms with Gasteiger partial charge in [0.25, 0.3) is 11.6 Å². The topological polar surface area (TPSA) is 132 Å². The van der Waals surface area contributed by atoms with Crippen LogP contribution in [0.3, 0.4) is 0 Å². The Morgan fingerprint density at radius 2 is 2.00 bits per heavy atom. The lowest BCUT2D eigenvalue weighted by Gasteiger charge is -2.27. The summed E-state index contributed by atoms with van der Waals surface area (Å²) in [6.45, 7) is 0.757. The van der Waals surface area contributed by atoms with Gasteiger partial charge in [0.2, 0.25) is 12.1 Å². The molecule has 2 aromatic carbocycles. The molecule has 0 aliphatic carbocycles. The molecule has 1 unspecified atom stereocenters. The monoisotopic (exact) mass is 462 g/mol. The van der Waals surface area contributed by atoms with Crippen molar-refractivity contribution in [2.75, 3.05) is 13.7 Å². The smallest absolute Gasteiger partial charge is 0.295 e. The van der Waals surface area contributed by atoms with Crippen molar-refractivity contribution in [3.8, 4) is 5.75 Å². The van der Waals surface area contributed by atoms with Crippen LogP contribution in [-0.2, 0) is 16.1 Å². The highest BCUT2D eigenvalue weighted by Gasteiger charge is 2.44. The highest BCUT2D eigenvalue weighted by molar-refractivity contribution is 6.46. The summed E-state index contributed by atoms with van der Waals surface area (Å²) in [4.78, 5) is 41.1. The number of carbonyl (C=O) groups excluding carboxylic acids is 2. The average Bonchev–Trinajstić information content (AvgIpc) is 3.46. The second-order valence-electron chi connectivity index (χ2n) is 7.76. The number of rotatable bonds is 8. The lowest BCUT2D eigenvalue weighted by molar-refractivity contribution is -0.695. The first-order valence-corrected chi connectivity index (χ1v) is 10.6. The van der Waals surface area contributed by atoms with E-state index in [2.05, 4.69) is 4.98 Å². The first-order chi connectivity index (χ1) is 16.4. The van der Waals surface area contributed by atoms with Crippen molar-refractivity contribution in [1.29, 1.82) is 0 Å². The third-order valence-corrected chi connectivity index (χ3v) is 5.68. The summed E-state index contributed by atoms with van der Waals surface area (Å²) in [5.41, 5.74) is 0.0953. The molecule has 0 saturated carbocycles. The van der Waals surface area contributed by atoms with Crippen molar-refractivity contribution in [3.63, 3.8) is 0 Å². The number of Topliss-reactive ketones (excluding diaryl/α,β-unsaturated/α-hetero) is 1. The SMILES string of the molecule is COc1cccc(/C([O-])=C2\C(=O)C(=O)N(CCC[n+]3cc[nH]c3)C2c2cccc([N+](=O)[O-])c2)c1. The molecule has 0 spiro atoms. The molecule has 3 aromatic rings. The van der Waals surface area contributed by atoms with Crippen molar-refractivity contribution in [2.45, 2.75) is 19.0 Å². The van der Waals surface area contributed by atoms with E-state index in [-0.39, 0.29) is 23.4 Å². The van der Waals surface area contributed by atoms with Crippen LogP contribution in [0.5, 0.6) is 5.75 Å². The van der Waals surface area contributed by atoms with Crippen molar-refractivity contribution < 1.29 is 28.9 Å². The van der Waals surface area contributed by atoms with Gasteiger partial charge in [-0.25, -0.2) is 4.57 Å². The number of nitro groups is 1. The maximum absolute atomic E-state index is 13.4. The molecule has 1 amide bonds. The van der Waals surface area contributed by atoms with Crippen LogP contribution < -0.4 is 14.4 Å². The minimum Gasteiger partial charge on any atom is -0.872 e. The molecule has 0 radical (unpaired) electrons. The predicted octanol–water partition coefficient (Wildman–Crippen LogP) is 1.53. The molecule has 1 aliphatic heterocycles. The van der Waals surface area contributed by atoms with Crippen molar-refractivity contribution >= 4 is 23.1 Å². The van der Waals surface area contributed by atoms with Crippen LogP contribution in [0.25, 0.3) is 5.76 Å². The number of nitrogens with zero attached hydrogens (tertiary/aromatic N) is 3. The van der Waals surface area contributed by atoms with Crippen LogP contribution in [0, 0.1) is 10.1 Å². The number of methoxy groups -OCH3 is 1. The van der Waals surface area contributed by atoms with Gasteiger partial charge < -0.3 is 14.7 Å². The van der Waals surface area contributed by atoms with Crippen molar-refractivity contribution in [2.24, 2.45) is 0 Å². The van der Waals surface area contributed by atoms with Gasteiger partial charge in [-0.15, -0.1) is 0 Å². The molecule has 10 nitrogen and oxygen atoms in total. The number of hydrogen-bond acceptors (Lipinski definition) is 6. The summed E-state index contributed by atoms with van der Waals surface area (Å²) in [5, 5.41) is 24.8. The molecular formula is C24H22N4O6. The molecule has 1 fully saturated rings. The number of H-pyrrole nitrogens is 1. The Kier molecular flexibility index (Phi) is 6.39. The second kappa shape index (κ2) is 9.57. The number of carbonyl (C=O) groups is 2. The van der Waals surface area contributed by atoms with Crippen molar-refractivity contribution in [1.82, 2.24) is 9.88 Å². The fourth-order valence-electron chi connectivity index (χ4n) is 4.06. The maximum Gasteiger partial charge on any atom is 0.295 e. The van der Waals surface area contributed by atoms with Crippen LogP contribution >= 0.6 is 0 Å². The Balaban J connectivity index is 1.78. The lowest BCUT2D eigenvalue weighted by atomic mass is 9.95. The Labute approximate surface area is 194 Å². The first-order valence-electron chi connectivity index (χ1n) is 10.6. The van der Waals surface area contributed by atoms with E-state index in [0.717, 1.165) is 0 Å². The minimum absolute atomic E-state index is 0.186. The van der Waals surface area contributed by atoms with E-state index in [0.29, 0.717) is 24.3 Å². The quantitative estimate of drug-likeness (QED) is 0.135. The number of hydrogen-bond donors (Lipinski definition) is 1. The molecule has 1 aliphatic rings. The second-order valence-corrected chi connectivity index (χ2v) is 7.76. The van der Waals surface area contributed by atoms with E-state index in [1.807, 2.05) is 10.8 Å². The highest BCUT2D eigenvalue weighted by Crippen LogP contribution is 2.39. The Morgan fingerprint density at radius 3 is 2.71 bits per heavy atom. The number of benzene rings is 2. The van der Waals surface area contributed by atoms with Gasteiger partial charge in [0.05, 0.1) is 24.6 Å². The molecular weight excluding hydrogens is 440 g/mol. The lowest BCUT2D eigenvalue weighted by Crippen LogP contribution is -2.36. The van der Waals surface area contributed by atoms with Gasteiger partial charge in [0.15, 0.2) is 0 Å². The zero-order chi connectivity index (χ0) is 24.2. The van der Waals surface area contributed by atoms with Crippen LogP contribution in [0.1, 0.15) is 23.6 Å². The van der Waals surface area contributed by atoms with E-state index in [1.54, 1.807) is 30.7 Å². The van der Waals surface area contributed by atoms with Crippen LogP contribution in [0.4, 0.5) is 5.69 Å². The Bertz CT molecular complexity index is 1270. The largest absolute Gasteiger partial charge is 0.872 e. The van der Waals surface area contributed by atoms with Crippen molar-refractivity contribution in [3.05, 3.63) is 94.1 Å². The molecule has 34 heavy (non-hydrogen) atoms. The molecule has 1 saturated heterocycles. The van der Waals surface area contributed by atoms with E-state index >= 15 is 0 Å². The number of ketones is 1. The van der Waals surface area contributed by atoms with Gasteiger partial charge in [-0.05, 0) is 23.3 Å². The highest BCUT2D eigenvalue weighted by atomic mass is 16.6. The molecule has 1 atom stereocenters. The fraction of sp³-hybridized carbons (Fsp3) is 0.208. The molecule has 2 heterocycles. The maximum atomic E-state index is 13.4. The van der Waals surface area contributed by atoms with E-state index in [9.17, 15) is 24.8 Å². The summed E-state index contributed by atoms with van der Waals surface area (Å²) in [5.74, 6) is -1.90. The Hall–Kier alpha value is -4.47. The van der Waals surface area contributed by atoms with Gasteiger partial charge in [0, 0.05) is 30.7 Å². The van der Waals surface area contributed by atoms with Gasteiger partial charge in [0.1, 0.15) is 18.1 Å². The number of aromatic amines is 1. The summed E-state index contributed by atoms with van der Waals surface area (Å²) in [7, 11) is 1.46. The van der Waals surface area contributed by atoms with E-state index < -0.39 is 28.4 Å². The summed E-state index contributed by atoms with van der Waals surface area (Å²) < 4.78 is 7.06. The molecule has 0 bridgehead atoms. The summed E-state index contributed by atoms with van der Waals surface area (Å²) >= 11 is 0. The zero-order valence-electron chi connectivity index (χ0n) is 18.3. The number of aromatic nitrogens is 2. The molecule has 1 N–H and O–H groups in total. The van der Waals surface area contributed by atoms with E-state index in [1.165, 1.54) is 42.3 Å². The van der Waals surface area contributed by atoms with Gasteiger partial charge in [-0.2, -0.15) is 0 Å². The number of non-ortho nitro benzene ring substituents is 1. The molecule has 174 valence electrons.